The standard InChI is InChI=1S/C46H32N2/c1-2-15-37(16-3-1)47(39-30-26-35(27-31-39)42-21-11-13-34-12-4-5-18-41(34)42)38-28-24-33(25-29-38)36-14-10-17-40(32-36)48-45-22-8-6-19-43(45)44-20-7-9-23-46(44)48/h1-32H. The highest BCUT2D eigenvalue weighted by molar-refractivity contribution is 6.09. The first kappa shape index (κ1) is 27.9. The fourth-order valence-corrected chi connectivity index (χ4v) is 7.12. The van der Waals surface area contributed by atoms with Crippen molar-refractivity contribution >= 4 is 49.6 Å². The first-order valence-electron chi connectivity index (χ1n) is 16.4. The summed E-state index contributed by atoms with van der Waals surface area (Å²) < 4.78 is 2.38. The zero-order valence-corrected chi connectivity index (χ0v) is 26.4. The molecule has 0 unspecified atom stereocenters. The average molecular weight is 613 g/mol. The second kappa shape index (κ2) is 11.8. The van der Waals surface area contributed by atoms with Crippen molar-refractivity contribution in [2.45, 2.75) is 0 Å². The van der Waals surface area contributed by atoms with Crippen LogP contribution in [-0.4, -0.2) is 4.57 Å². The smallest absolute Gasteiger partial charge is 0.0541 e. The molecule has 226 valence electrons. The lowest BCUT2D eigenvalue weighted by atomic mass is 9.98. The third-order valence-corrected chi connectivity index (χ3v) is 9.38. The number of para-hydroxylation sites is 3. The lowest BCUT2D eigenvalue weighted by molar-refractivity contribution is 1.18. The molecule has 8 aromatic carbocycles. The molecule has 0 radical (unpaired) electrons. The van der Waals surface area contributed by atoms with E-state index in [1.54, 1.807) is 0 Å². The maximum atomic E-state index is 2.38. The van der Waals surface area contributed by atoms with Crippen LogP contribution in [0.3, 0.4) is 0 Å². The number of hydrogen-bond donors (Lipinski definition) is 0. The molecule has 0 fully saturated rings. The normalized spacial score (nSPS) is 11.3. The van der Waals surface area contributed by atoms with Crippen molar-refractivity contribution in [2.24, 2.45) is 0 Å². The van der Waals surface area contributed by atoms with E-state index >= 15 is 0 Å². The van der Waals surface area contributed by atoms with Gasteiger partial charge in [-0.1, -0.05) is 133 Å². The van der Waals surface area contributed by atoms with Gasteiger partial charge in [0.25, 0.3) is 0 Å². The van der Waals surface area contributed by atoms with E-state index in [0.717, 1.165) is 22.7 Å². The summed E-state index contributed by atoms with van der Waals surface area (Å²) in [5, 5.41) is 5.07. The van der Waals surface area contributed by atoms with Crippen LogP contribution in [0.25, 0.3) is 60.5 Å². The van der Waals surface area contributed by atoms with Crippen LogP contribution in [0.4, 0.5) is 17.1 Å². The molecule has 0 bridgehead atoms. The minimum Gasteiger partial charge on any atom is -0.311 e. The molecule has 0 spiro atoms. The van der Waals surface area contributed by atoms with Crippen LogP contribution in [0, 0.1) is 0 Å². The van der Waals surface area contributed by atoms with E-state index < -0.39 is 0 Å². The number of rotatable bonds is 6. The molecule has 2 nitrogen and oxygen atoms in total. The van der Waals surface area contributed by atoms with Crippen molar-refractivity contribution in [1.29, 1.82) is 0 Å². The predicted octanol–water partition coefficient (Wildman–Crippen LogP) is 12.7. The van der Waals surface area contributed by atoms with E-state index in [1.165, 1.54) is 54.8 Å². The van der Waals surface area contributed by atoms with Crippen LogP contribution < -0.4 is 4.90 Å². The van der Waals surface area contributed by atoms with Gasteiger partial charge >= 0.3 is 0 Å². The maximum absolute atomic E-state index is 2.38. The minimum absolute atomic E-state index is 1.11. The molecule has 48 heavy (non-hydrogen) atoms. The van der Waals surface area contributed by atoms with Crippen LogP contribution in [0.2, 0.25) is 0 Å². The largest absolute Gasteiger partial charge is 0.311 e. The van der Waals surface area contributed by atoms with E-state index in [2.05, 4.69) is 204 Å². The predicted molar refractivity (Wildman–Crippen MR) is 204 cm³/mol. The monoisotopic (exact) mass is 612 g/mol. The lowest BCUT2D eigenvalue weighted by Crippen LogP contribution is -2.09. The van der Waals surface area contributed by atoms with Gasteiger partial charge in [0, 0.05) is 33.5 Å². The van der Waals surface area contributed by atoms with Crippen LogP contribution in [0.5, 0.6) is 0 Å². The maximum Gasteiger partial charge on any atom is 0.0541 e. The van der Waals surface area contributed by atoms with Crippen molar-refractivity contribution in [1.82, 2.24) is 4.57 Å². The Morgan fingerprint density at radius 2 is 0.854 bits per heavy atom. The van der Waals surface area contributed by atoms with Gasteiger partial charge in [-0.3, -0.25) is 0 Å². The van der Waals surface area contributed by atoms with Gasteiger partial charge in [-0.25, -0.2) is 0 Å². The third kappa shape index (κ3) is 4.83. The fourth-order valence-electron chi connectivity index (χ4n) is 7.12. The van der Waals surface area contributed by atoms with Gasteiger partial charge in [0.15, 0.2) is 0 Å². The summed E-state index contributed by atoms with van der Waals surface area (Å²) in [7, 11) is 0. The van der Waals surface area contributed by atoms with Gasteiger partial charge in [0.2, 0.25) is 0 Å². The molecule has 0 aliphatic carbocycles. The van der Waals surface area contributed by atoms with Crippen LogP contribution in [0.1, 0.15) is 0 Å². The zero-order valence-electron chi connectivity index (χ0n) is 26.4. The highest BCUT2D eigenvalue weighted by atomic mass is 15.1. The summed E-state index contributed by atoms with van der Waals surface area (Å²) in [4.78, 5) is 2.32. The summed E-state index contributed by atoms with van der Waals surface area (Å²) in [5.41, 5.74) is 11.8. The van der Waals surface area contributed by atoms with Crippen molar-refractivity contribution in [2.75, 3.05) is 4.90 Å². The van der Waals surface area contributed by atoms with Gasteiger partial charge in [0.05, 0.1) is 11.0 Å². The molecule has 0 atom stereocenters. The summed E-state index contributed by atoms with van der Waals surface area (Å²) in [6.45, 7) is 0. The van der Waals surface area contributed by atoms with Gasteiger partial charge in [-0.2, -0.15) is 0 Å². The second-order valence-corrected chi connectivity index (χ2v) is 12.2. The molecule has 9 rings (SSSR count). The topological polar surface area (TPSA) is 8.17 Å². The Bertz CT molecular complexity index is 2480. The Balaban J connectivity index is 1.08. The van der Waals surface area contributed by atoms with Crippen molar-refractivity contribution in [3.63, 3.8) is 0 Å². The molecule has 2 heteroatoms. The minimum atomic E-state index is 1.11. The van der Waals surface area contributed by atoms with E-state index in [4.69, 9.17) is 0 Å². The van der Waals surface area contributed by atoms with Gasteiger partial charge in [-0.15, -0.1) is 0 Å². The lowest BCUT2D eigenvalue weighted by Gasteiger charge is -2.26. The third-order valence-electron chi connectivity index (χ3n) is 9.38. The SMILES string of the molecule is c1ccc(N(c2ccc(-c3cccc(-n4c5ccccc5c5ccccc54)c3)cc2)c2ccc(-c3cccc4ccccc34)cc2)cc1. The summed E-state index contributed by atoms with van der Waals surface area (Å²) in [6.07, 6.45) is 0. The van der Waals surface area contributed by atoms with E-state index in [9.17, 15) is 0 Å². The van der Waals surface area contributed by atoms with E-state index in [0.29, 0.717) is 0 Å². The molecule has 0 saturated heterocycles. The number of fused-ring (bicyclic) bond motifs is 4. The second-order valence-electron chi connectivity index (χ2n) is 12.2. The van der Waals surface area contributed by atoms with E-state index in [-0.39, 0.29) is 0 Å². The Labute approximate surface area is 280 Å². The molecular formula is C46H32N2. The molecule has 1 aromatic heterocycles. The fraction of sp³-hybridized carbons (Fsp3) is 0. The van der Waals surface area contributed by atoms with Gasteiger partial charge < -0.3 is 9.47 Å². The van der Waals surface area contributed by atoms with E-state index in [1.807, 2.05) is 0 Å². The number of nitrogens with zero attached hydrogens (tertiary/aromatic N) is 2. The first-order valence-corrected chi connectivity index (χ1v) is 16.4. The Morgan fingerprint density at radius 3 is 1.54 bits per heavy atom. The van der Waals surface area contributed by atoms with Crippen molar-refractivity contribution in [3.8, 4) is 27.9 Å². The van der Waals surface area contributed by atoms with Crippen LogP contribution in [0.15, 0.2) is 194 Å². The summed E-state index contributed by atoms with van der Waals surface area (Å²) >= 11 is 0. The Kier molecular flexibility index (Phi) is 6.84. The molecule has 9 aromatic rings. The molecule has 1 heterocycles. The molecule has 0 amide bonds. The number of hydrogen-bond acceptors (Lipinski definition) is 1. The number of benzene rings is 8. The summed E-state index contributed by atoms with van der Waals surface area (Å²) in [5.74, 6) is 0. The molecule has 0 saturated carbocycles. The van der Waals surface area contributed by atoms with Crippen molar-refractivity contribution < 1.29 is 0 Å². The zero-order chi connectivity index (χ0) is 31.9. The number of anilines is 3. The first-order chi connectivity index (χ1) is 23.8. The Hall–Kier alpha value is -6.38. The average Bonchev–Trinajstić information content (AvgIpc) is 3.50. The highest BCUT2D eigenvalue weighted by Crippen LogP contribution is 2.38. The highest BCUT2D eigenvalue weighted by Gasteiger charge is 2.15. The van der Waals surface area contributed by atoms with Crippen LogP contribution in [-0.2, 0) is 0 Å². The van der Waals surface area contributed by atoms with Gasteiger partial charge in [0.1, 0.15) is 0 Å². The van der Waals surface area contributed by atoms with Crippen LogP contribution >= 0.6 is 0 Å². The number of aromatic nitrogens is 1. The molecular weight excluding hydrogens is 581 g/mol. The molecule has 0 N–H and O–H groups in total. The Morgan fingerprint density at radius 1 is 0.333 bits per heavy atom. The molecule has 0 aliphatic heterocycles. The van der Waals surface area contributed by atoms with Gasteiger partial charge in [-0.05, 0) is 93.7 Å². The molecule has 0 aliphatic rings. The van der Waals surface area contributed by atoms with Crippen molar-refractivity contribution in [3.05, 3.63) is 194 Å². The summed E-state index contributed by atoms with van der Waals surface area (Å²) in [6, 6.07) is 69.8. The quantitative estimate of drug-likeness (QED) is 0.181.